The van der Waals surface area contributed by atoms with Gasteiger partial charge >= 0.3 is 0 Å². The SMILES string of the molecule is CCC(C)N(Cc1ccccc1)C(=O)Cc1csc(NC(=O)c2ccco2)n1. The highest BCUT2D eigenvalue weighted by Crippen LogP contribution is 2.19. The van der Waals surface area contributed by atoms with Gasteiger partial charge in [0.05, 0.1) is 18.4 Å². The third kappa shape index (κ3) is 5.07. The van der Waals surface area contributed by atoms with E-state index in [1.165, 1.54) is 17.6 Å². The molecule has 0 fully saturated rings. The van der Waals surface area contributed by atoms with Gasteiger partial charge in [0.25, 0.3) is 5.91 Å². The first-order valence-corrected chi connectivity index (χ1v) is 10.1. The van der Waals surface area contributed by atoms with Crippen LogP contribution >= 0.6 is 11.3 Å². The van der Waals surface area contributed by atoms with Gasteiger partial charge in [0, 0.05) is 18.0 Å². The lowest BCUT2D eigenvalue weighted by Gasteiger charge is -2.28. The molecule has 3 aromatic rings. The van der Waals surface area contributed by atoms with Gasteiger partial charge in [-0.05, 0) is 31.0 Å². The fourth-order valence-corrected chi connectivity index (χ4v) is 3.46. The molecule has 1 atom stereocenters. The Bertz CT molecular complexity index is 906. The quantitative estimate of drug-likeness (QED) is 0.613. The molecule has 0 saturated heterocycles. The van der Waals surface area contributed by atoms with E-state index in [0.29, 0.717) is 17.4 Å². The van der Waals surface area contributed by atoms with Gasteiger partial charge in [0.1, 0.15) is 0 Å². The zero-order chi connectivity index (χ0) is 19.9. The van der Waals surface area contributed by atoms with Crippen LogP contribution < -0.4 is 5.32 Å². The number of anilines is 1. The Balaban J connectivity index is 1.64. The van der Waals surface area contributed by atoms with Crippen LogP contribution in [0.5, 0.6) is 0 Å². The topological polar surface area (TPSA) is 75.4 Å². The summed E-state index contributed by atoms with van der Waals surface area (Å²) < 4.78 is 5.07. The summed E-state index contributed by atoms with van der Waals surface area (Å²) in [5.41, 5.74) is 1.74. The number of rotatable bonds is 8. The summed E-state index contributed by atoms with van der Waals surface area (Å²) in [6.45, 7) is 4.69. The second kappa shape index (κ2) is 9.32. The van der Waals surface area contributed by atoms with E-state index in [4.69, 9.17) is 4.42 Å². The summed E-state index contributed by atoms with van der Waals surface area (Å²) in [4.78, 5) is 31.2. The Morgan fingerprint density at radius 3 is 2.68 bits per heavy atom. The number of hydrogen-bond acceptors (Lipinski definition) is 5. The average molecular weight is 398 g/mol. The maximum Gasteiger partial charge on any atom is 0.293 e. The molecule has 0 bridgehead atoms. The van der Waals surface area contributed by atoms with Crippen LogP contribution in [0.15, 0.2) is 58.5 Å². The Kier molecular flexibility index (Phi) is 6.60. The largest absolute Gasteiger partial charge is 0.459 e. The van der Waals surface area contributed by atoms with Crippen LogP contribution in [-0.4, -0.2) is 27.7 Å². The number of benzene rings is 1. The zero-order valence-electron chi connectivity index (χ0n) is 15.9. The number of hydrogen-bond donors (Lipinski definition) is 1. The first-order valence-electron chi connectivity index (χ1n) is 9.19. The zero-order valence-corrected chi connectivity index (χ0v) is 16.7. The molecule has 0 aliphatic heterocycles. The number of carbonyl (C=O) groups is 2. The number of carbonyl (C=O) groups excluding carboxylic acids is 2. The normalized spacial score (nSPS) is 11.8. The van der Waals surface area contributed by atoms with E-state index in [1.54, 1.807) is 17.5 Å². The first kappa shape index (κ1) is 19.8. The second-order valence-corrected chi connectivity index (χ2v) is 7.37. The predicted molar refractivity (Wildman–Crippen MR) is 109 cm³/mol. The molecule has 0 aliphatic carbocycles. The standard InChI is InChI=1S/C21H23N3O3S/c1-3-15(2)24(13-16-8-5-4-6-9-16)19(25)12-17-14-28-21(22-17)23-20(26)18-10-7-11-27-18/h4-11,14-15H,3,12-13H2,1-2H3,(H,22,23,26). The summed E-state index contributed by atoms with van der Waals surface area (Å²) in [5.74, 6) is -0.117. The van der Waals surface area contributed by atoms with Crippen molar-refractivity contribution in [2.24, 2.45) is 0 Å². The summed E-state index contributed by atoms with van der Waals surface area (Å²) in [6.07, 6.45) is 2.52. The average Bonchev–Trinajstić information content (AvgIpc) is 3.38. The lowest BCUT2D eigenvalue weighted by molar-refractivity contribution is -0.133. The van der Waals surface area contributed by atoms with Crippen molar-refractivity contribution in [2.75, 3.05) is 5.32 Å². The van der Waals surface area contributed by atoms with Crippen molar-refractivity contribution in [1.82, 2.24) is 9.88 Å². The van der Waals surface area contributed by atoms with Gasteiger partial charge in [0.2, 0.25) is 5.91 Å². The molecule has 2 heterocycles. The molecule has 1 unspecified atom stereocenters. The van der Waals surface area contributed by atoms with Crippen molar-refractivity contribution < 1.29 is 14.0 Å². The lowest BCUT2D eigenvalue weighted by atomic mass is 10.1. The molecule has 28 heavy (non-hydrogen) atoms. The Hall–Kier alpha value is -2.93. The Morgan fingerprint density at radius 2 is 2.00 bits per heavy atom. The van der Waals surface area contributed by atoms with E-state index in [9.17, 15) is 9.59 Å². The molecule has 0 spiro atoms. The van der Waals surface area contributed by atoms with E-state index in [-0.39, 0.29) is 30.0 Å². The fraction of sp³-hybridized carbons (Fsp3) is 0.286. The van der Waals surface area contributed by atoms with Crippen molar-refractivity contribution in [1.29, 1.82) is 0 Å². The summed E-state index contributed by atoms with van der Waals surface area (Å²) >= 11 is 1.29. The number of aromatic nitrogens is 1. The van der Waals surface area contributed by atoms with E-state index >= 15 is 0 Å². The number of thiazole rings is 1. The minimum Gasteiger partial charge on any atom is -0.459 e. The minimum absolute atomic E-state index is 0.0208. The number of nitrogens with one attached hydrogen (secondary N) is 1. The van der Waals surface area contributed by atoms with Gasteiger partial charge in [-0.25, -0.2) is 4.98 Å². The third-order valence-corrected chi connectivity index (χ3v) is 5.30. The molecule has 1 N–H and O–H groups in total. The van der Waals surface area contributed by atoms with Gasteiger partial charge in [-0.1, -0.05) is 37.3 Å². The molecule has 7 heteroatoms. The predicted octanol–water partition coefficient (Wildman–Crippen LogP) is 4.36. The van der Waals surface area contributed by atoms with Crippen molar-refractivity contribution in [3.8, 4) is 0 Å². The molecule has 1 aromatic carbocycles. The van der Waals surface area contributed by atoms with E-state index in [0.717, 1.165) is 12.0 Å². The number of amides is 2. The molecular formula is C21H23N3O3S. The monoisotopic (exact) mass is 397 g/mol. The number of nitrogens with zero attached hydrogens (tertiary/aromatic N) is 2. The van der Waals surface area contributed by atoms with Crippen molar-refractivity contribution in [3.63, 3.8) is 0 Å². The van der Waals surface area contributed by atoms with Crippen molar-refractivity contribution in [3.05, 3.63) is 71.1 Å². The lowest BCUT2D eigenvalue weighted by Crippen LogP contribution is -2.38. The molecule has 6 nitrogen and oxygen atoms in total. The highest BCUT2D eigenvalue weighted by Gasteiger charge is 2.21. The van der Waals surface area contributed by atoms with Gasteiger partial charge in [0.15, 0.2) is 10.9 Å². The van der Waals surface area contributed by atoms with E-state index in [1.807, 2.05) is 35.2 Å². The maximum absolute atomic E-state index is 12.9. The highest BCUT2D eigenvalue weighted by molar-refractivity contribution is 7.14. The van der Waals surface area contributed by atoms with Gasteiger partial charge in [-0.15, -0.1) is 11.3 Å². The molecule has 3 rings (SSSR count). The van der Waals surface area contributed by atoms with Crippen LogP contribution in [0.3, 0.4) is 0 Å². The van der Waals surface area contributed by atoms with Gasteiger partial charge in [-0.3, -0.25) is 14.9 Å². The molecular weight excluding hydrogens is 374 g/mol. The molecule has 0 saturated carbocycles. The number of furan rings is 1. The fourth-order valence-electron chi connectivity index (χ4n) is 2.76. The molecule has 2 amide bonds. The first-order chi connectivity index (χ1) is 13.6. The van der Waals surface area contributed by atoms with E-state index in [2.05, 4.69) is 24.1 Å². The smallest absolute Gasteiger partial charge is 0.293 e. The van der Waals surface area contributed by atoms with Crippen LogP contribution in [0, 0.1) is 0 Å². The van der Waals surface area contributed by atoms with Crippen LogP contribution in [0.4, 0.5) is 5.13 Å². The van der Waals surface area contributed by atoms with Crippen LogP contribution in [-0.2, 0) is 17.8 Å². The molecule has 2 aromatic heterocycles. The third-order valence-electron chi connectivity index (χ3n) is 4.49. The maximum atomic E-state index is 12.9. The minimum atomic E-state index is -0.359. The van der Waals surface area contributed by atoms with Crippen LogP contribution in [0.2, 0.25) is 0 Å². The van der Waals surface area contributed by atoms with E-state index < -0.39 is 0 Å². The van der Waals surface area contributed by atoms with Crippen molar-refractivity contribution >= 4 is 28.3 Å². The Labute approximate surface area is 168 Å². The van der Waals surface area contributed by atoms with Gasteiger partial charge < -0.3 is 9.32 Å². The molecule has 0 radical (unpaired) electrons. The van der Waals surface area contributed by atoms with Gasteiger partial charge in [-0.2, -0.15) is 0 Å². The van der Waals surface area contributed by atoms with Crippen molar-refractivity contribution in [2.45, 2.75) is 39.3 Å². The summed E-state index contributed by atoms with van der Waals surface area (Å²) in [7, 11) is 0. The highest BCUT2D eigenvalue weighted by atomic mass is 32.1. The summed E-state index contributed by atoms with van der Waals surface area (Å²) in [6, 6.07) is 13.3. The summed E-state index contributed by atoms with van der Waals surface area (Å²) in [5, 5.41) is 4.94. The van der Waals surface area contributed by atoms with Crippen LogP contribution in [0.25, 0.3) is 0 Å². The molecule has 0 aliphatic rings. The second-order valence-electron chi connectivity index (χ2n) is 6.52. The van der Waals surface area contributed by atoms with Crippen LogP contribution in [0.1, 0.15) is 42.1 Å². The molecule has 146 valence electrons. The Morgan fingerprint density at radius 1 is 1.21 bits per heavy atom.